The van der Waals surface area contributed by atoms with Crippen molar-refractivity contribution in [1.82, 2.24) is 15.5 Å². The highest BCUT2D eigenvalue weighted by atomic mass is 16.5. The fraction of sp³-hybridized carbons (Fsp3) is 0.467. The molecule has 1 aliphatic heterocycles. The van der Waals surface area contributed by atoms with Crippen molar-refractivity contribution >= 4 is 11.9 Å². The molecule has 1 saturated heterocycles. The Kier molecular flexibility index (Phi) is 5.57. The normalized spacial score (nSPS) is 18.1. The van der Waals surface area contributed by atoms with Crippen LogP contribution in [0.4, 0.5) is 4.79 Å². The molecule has 6 nitrogen and oxygen atoms in total. The summed E-state index contributed by atoms with van der Waals surface area (Å²) >= 11 is 0. The molecule has 0 radical (unpaired) electrons. The van der Waals surface area contributed by atoms with E-state index in [-0.39, 0.29) is 24.6 Å². The van der Waals surface area contributed by atoms with Crippen molar-refractivity contribution in [1.29, 1.82) is 0 Å². The number of hydrogen-bond acceptors (Lipinski definition) is 3. The van der Waals surface area contributed by atoms with Gasteiger partial charge in [-0.1, -0.05) is 30.3 Å². The molecule has 21 heavy (non-hydrogen) atoms. The van der Waals surface area contributed by atoms with Crippen LogP contribution >= 0.6 is 0 Å². The molecule has 1 aliphatic rings. The number of urea groups is 1. The molecule has 114 valence electrons. The smallest absolute Gasteiger partial charge is 0.314 e. The second-order valence-corrected chi connectivity index (χ2v) is 4.95. The van der Waals surface area contributed by atoms with Crippen LogP contribution < -0.4 is 10.6 Å². The second kappa shape index (κ2) is 7.64. The number of nitrogens with zero attached hydrogens (tertiary/aromatic N) is 1. The van der Waals surface area contributed by atoms with Gasteiger partial charge < -0.3 is 20.3 Å². The minimum Gasteiger partial charge on any atom is -0.374 e. The SMILES string of the molecule is CNC(=O)NCC(=O)N1CCOC(Cc2ccccc2)C1. The zero-order chi connectivity index (χ0) is 15.1. The fourth-order valence-corrected chi connectivity index (χ4v) is 2.30. The van der Waals surface area contributed by atoms with Crippen LogP contribution in [0.15, 0.2) is 30.3 Å². The summed E-state index contributed by atoms with van der Waals surface area (Å²) < 4.78 is 5.72. The zero-order valence-electron chi connectivity index (χ0n) is 12.2. The van der Waals surface area contributed by atoms with Gasteiger partial charge in [0, 0.05) is 26.6 Å². The third-order valence-electron chi connectivity index (χ3n) is 3.42. The number of hydrogen-bond donors (Lipinski definition) is 2. The first kappa shape index (κ1) is 15.3. The molecule has 1 heterocycles. The van der Waals surface area contributed by atoms with E-state index in [1.54, 1.807) is 4.90 Å². The number of amides is 3. The van der Waals surface area contributed by atoms with Crippen molar-refractivity contribution in [2.45, 2.75) is 12.5 Å². The van der Waals surface area contributed by atoms with Crippen LogP contribution in [0.25, 0.3) is 0 Å². The Hall–Kier alpha value is -2.08. The Labute approximate surface area is 124 Å². The van der Waals surface area contributed by atoms with Gasteiger partial charge in [-0.25, -0.2) is 4.79 Å². The van der Waals surface area contributed by atoms with Gasteiger partial charge in [-0.15, -0.1) is 0 Å². The number of carbonyl (C=O) groups is 2. The van der Waals surface area contributed by atoms with Crippen LogP contribution in [0.2, 0.25) is 0 Å². The van der Waals surface area contributed by atoms with Crippen LogP contribution in [0.3, 0.4) is 0 Å². The van der Waals surface area contributed by atoms with Gasteiger partial charge in [-0.2, -0.15) is 0 Å². The summed E-state index contributed by atoms with van der Waals surface area (Å²) in [6, 6.07) is 9.72. The molecule has 2 N–H and O–H groups in total. The van der Waals surface area contributed by atoms with E-state index in [9.17, 15) is 9.59 Å². The lowest BCUT2D eigenvalue weighted by Crippen LogP contribution is -2.50. The van der Waals surface area contributed by atoms with E-state index in [0.29, 0.717) is 19.7 Å². The number of ether oxygens (including phenoxy) is 1. The van der Waals surface area contributed by atoms with Crippen LogP contribution in [0, 0.1) is 0 Å². The minimum atomic E-state index is -0.350. The minimum absolute atomic E-state index is 0.00472. The van der Waals surface area contributed by atoms with Gasteiger partial charge >= 0.3 is 6.03 Å². The van der Waals surface area contributed by atoms with E-state index in [1.807, 2.05) is 18.2 Å². The summed E-state index contributed by atoms with van der Waals surface area (Å²) in [7, 11) is 1.52. The molecule has 1 aromatic rings. The van der Waals surface area contributed by atoms with Crippen molar-refractivity contribution in [2.24, 2.45) is 0 Å². The highest BCUT2D eigenvalue weighted by Crippen LogP contribution is 2.11. The fourth-order valence-electron chi connectivity index (χ4n) is 2.30. The highest BCUT2D eigenvalue weighted by Gasteiger charge is 2.24. The third kappa shape index (κ3) is 4.75. The van der Waals surface area contributed by atoms with E-state index in [0.717, 1.165) is 6.42 Å². The van der Waals surface area contributed by atoms with Gasteiger partial charge in [0.25, 0.3) is 0 Å². The molecule has 6 heteroatoms. The molecule has 1 fully saturated rings. The second-order valence-electron chi connectivity index (χ2n) is 4.95. The van der Waals surface area contributed by atoms with Crippen LogP contribution in [0.5, 0.6) is 0 Å². The Morgan fingerprint density at radius 3 is 2.81 bits per heavy atom. The molecule has 1 aromatic carbocycles. The Morgan fingerprint density at radius 2 is 2.10 bits per heavy atom. The molecule has 2 rings (SSSR count). The summed E-state index contributed by atoms with van der Waals surface area (Å²) in [5.74, 6) is -0.0834. The molecule has 3 amide bonds. The molecule has 1 atom stereocenters. The highest BCUT2D eigenvalue weighted by molar-refractivity contribution is 5.83. The van der Waals surface area contributed by atoms with Crippen molar-refractivity contribution in [3.05, 3.63) is 35.9 Å². The first-order valence-electron chi connectivity index (χ1n) is 7.08. The predicted molar refractivity (Wildman–Crippen MR) is 78.9 cm³/mol. The maximum atomic E-state index is 12.0. The first-order valence-corrected chi connectivity index (χ1v) is 7.08. The topological polar surface area (TPSA) is 70.7 Å². The van der Waals surface area contributed by atoms with Crippen molar-refractivity contribution in [2.75, 3.05) is 33.3 Å². The van der Waals surface area contributed by atoms with Crippen LogP contribution in [0.1, 0.15) is 5.56 Å². The van der Waals surface area contributed by atoms with Gasteiger partial charge in [0.2, 0.25) is 5.91 Å². The van der Waals surface area contributed by atoms with Crippen LogP contribution in [-0.2, 0) is 16.0 Å². The summed E-state index contributed by atoms with van der Waals surface area (Å²) in [4.78, 5) is 24.9. The molecule has 0 bridgehead atoms. The van der Waals surface area contributed by atoms with E-state index in [1.165, 1.54) is 12.6 Å². The van der Waals surface area contributed by atoms with Crippen molar-refractivity contribution in [3.8, 4) is 0 Å². The summed E-state index contributed by atoms with van der Waals surface area (Å²) in [5.41, 5.74) is 1.19. The molecule has 0 aromatic heterocycles. The lowest BCUT2D eigenvalue weighted by atomic mass is 10.1. The summed E-state index contributed by atoms with van der Waals surface area (Å²) in [6.07, 6.45) is 0.790. The Morgan fingerprint density at radius 1 is 1.33 bits per heavy atom. The monoisotopic (exact) mass is 291 g/mol. The molecular formula is C15H21N3O3. The molecule has 0 saturated carbocycles. The molecule has 0 spiro atoms. The maximum Gasteiger partial charge on any atom is 0.314 e. The number of carbonyl (C=O) groups excluding carboxylic acids is 2. The lowest BCUT2D eigenvalue weighted by molar-refractivity contribution is -0.137. The standard InChI is InChI=1S/C15H21N3O3/c1-16-15(20)17-10-14(19)18-7-8-21-13(11-18)9-12-5-3-2-4-6-12/h2-6,13H,7-11H2,1H3,(H2,16,17,20). The molecular weight excluding hydrogens is 270 g/mol. The summed E-state index contributed by atoms with van der Waals surface area (Å²) in [5, 5.41) is 4.93. The Balaban J connectivity index is 1.82. The summed E-state index contributed by atoms with van der Waals surface area (Å²) in [6.45, 7) is 1.67. The number of morpholine rings is 1. The average molecular weight is 291 g/mol. The predicted octanol–water partition coefficient (Wildman–Crippen LogP) is 0.386. The largest absolute Gasteiger partial charge is 0.374 e. The quantitative estimate of drug-likeness (QED) is 0.843. The Bertz CT molecular complexity index is 478. The van der Waals surface area contributed by atoms with Crippen molar-refractivity contribution in [3.63, 3.8) is 0 Å². The zero-order valence-corrected chi connectivity index (χ0v) is 12.2. The first-order chi connectivity index (χ1) is 10.2. The number of rotatable bonds is 4. The van der Waals surface area contributed by atoms with Crippen molar-refractivity contribution < 1.29 is 14.3 Å². The van der Waals surface area contributed by atoms with Gasteiger partial charge in [0.15, 0.2) is 0 Å². The van der Waals surface area contributed by atoms with E-state index < -0.39 is 0 Å². The van der Waals surface area contributed by atoms with Gasteiger partial charge in [0.1, 0.15) is 0 Å². The molecule has 0 aliphatic carbocycles. The average Bonchev–Trinajstić information content (AvgIpc) is 2.53. The third-order valence-corrected chi connectivity index (χ3v) is 3.42. The molecule has 1 unspecified atom stereocenters. The number of benzene rings is 1. The van der Waals surface area contributed by atoms with E-state index in [2.05, 4.69) is 22.8 Å². The lowest BCUT2D eigenvalue weighted by Gasteiger charge is -2.33. The van der Waals surface area contributed by atoms with Crippen LogP contribution in [-0.4, -0.2) is 56.2 Å². The number of nitrogens with one attached hydrogen (secondary N) is 2. The van der Waals surface area contributed by atoms with Gasteiger partial charge in [-0.05, 0) is 5.56 Å². The van der Waals surface area contributed by atoms with Gasteiger partial charge in [0.05, 0.1) is 19.3 Å². The van der Waals surface area contributed by atoms with Gasteiger partial charge in [-0.3, -0.25) is 4.79 Å². The maximum absolute atomic E-state index is 12.0. The van der Waals surface area contributed by atoms with E-state index >= 15 is 0 Å². The van der Waals surface area contributed by atoms with E-state index in [4.69, 9.17) is 4.74 Å².